The van der Waals surface area contributed by atoms with Crippen LogP contribution in [0.1, 0.15) is 37.4 Å². The Hall–Kier alpha value is -1.87. The molecule has 3 heteroatoms. The van der Waals surface area contributed by atoms with E-state index in [2.05, 4.69) is 12.2 Å². The van der Waals surface area contributed by atoms with Crippen LogP contribution >= 0.6 is 0 Å². The van der Waals surface area contributed by atoms with Crippen LogP contribution in [-0.2, 0) is 6.54 Å². The van der Waals surface area contributed by atoms with Crippen molar-refractivity contribution in [2.75, 3.05) is 6.61 Å². The molecule has 2 aromatic rings. The van der Waals surface area contributed by atoms with E-state index in [0.29, 0.717) is 12.1 Å². The minimum Gasteiger partial charge on any atom is -0.494 e. The van der Waals surface area contributed by atoms with Crippen LogP contribution in [0.2, 0.25) is 0 Å². The Balaban J connectivity index is 1.89. The summed E-state index contributed by atoms with van der Waals surface area (Å²) in [7, 11) is 0. The fourth-order valence-corrected chi connectivity index (χ4v) is 2.13. The molecule has 2 rings (SSSR count). The molecule has 0 bridgehead atoms. The normalized spacial score (nSPS) is 12.1. The molecule has 0 heterocycles. The Morgan fingerprint density at radius 1 is 1.10 bits per heavy atom. The van der Waals surface area contributed by atoms with Crippen molar-refractivity contribution in [1.29, 1.82) is 0 Å². The zero-order chi connectivity index (χ0) is 15.1. The van der Waals surface area contributed by atoms with E-state index in [1.165, 1.54) is 6.07 Å². The van der Waals surface area contributed by atoms with Gasteiger partial charge in [-0.2, -0.15) is 0 Å². The Morgan fingerprint density at radius 3 is 2.48 bits per heavy atom. The van der Waals surface area contributed by atoms with Gasteiger partial charge >= 0.3 is 0 Å². The molecule has 1 N–H and O–H groups in total. The number of ether oxygens (including phenoxy) is 1. The van der Waals surface area contributed by atoms with E-state index in [-0.39, 0.29) is 11.9 Å². The maximum Gasteiger partial charge on any atom is 0.127 e. The summed E-state index contributed by atoms with van der Waals surface area (Å²) in [6.07, 6.45) is 1.00. The fraction of sp³-hybridized carbons (Fsp3) is 0.333. The van der Waals surface area contributed by atoms with E-state index in [1.54, 1.807) is 6.07 Å². The Morgan fingerprint density at radius 2 is 1.81 bits per heavy atom. The minimum absolute atomic E-state index is 0.0257. The number of hydrogen-bond acceptors (Lipinski definition) is 2. The summed E-state index contributed by atoms with van der Waals surface area (Å²) in [6, 6.07) is 14.9. The second kappa shape index (κ2) is 7.79. The number of rotatable bonds is 7. The van der Waals surface area contributed by atoms with Crippen LogP contribution in [-0.4, -0.2) is 6.61 Å². The SMILES string of the molecule is CCCOc1ccc(CN[C@H](C)c2ccccc2F)cc1. The molecule has 0 radical (unpaired) electrons. The lowest BCUT2D eigenvalue weighted by Crippen LogP contribution is -2.19. The molecule has 0 amide bonds. The molecule has 0 aliphatic rings. The zero-order valence-electron chi connectivity index (χ0n) is 12.6. The molecule has 0 spiro atoms. The van der Waals surface area contributed by atoms with Gasteiger partial charge < -0.3 is 10.1 Å². The lowest BCUT2D eigenvalue weighted by atomic mass is 10.1. The van der Waals surface area contributed by atoms with Crippen LogP contribution in [0.4, 0.5) is 4.39 Å². The van der Waals surface area contributed by atoms with E-state index < -0.39 is 0 Å². The van der Waals surface area contributed by atoms with Crippen molar-refractivity contribution in [1.82, 2.24) is 5.32 Å². The predicted octanol–water partition coefficient (Wildman–Crippen LogP) is 4.47. The van der Waals surface area contributed by atoms with Gasteiger partial charge in [0.2, 0.25) is 0 Å². The summed E-state index contributed by atoms with van der Waals surface area (Å²) in [6.45, 7) is 5.49. The third kappa shape index (κ3) is 4.57. The maximum atomic E-state index is 13.7. The first kappa shape index (κ1) is 15.5. The van der Waals surface area contributed by atoms with Crippen molar-refractivity contribution in [3.05, 3.63) is 65.5 Å². The van der Waals surface area contributed by atoms with Gasteiger partial charge in [0.05, 0.1) is 6.61 Å². The second-order valence-corrected chi connectivity index (χ2v) is 5.12. The summed E-state index contributed by atoms with van der Waals surface area (Å²) in [4.78, 5) is 0. The van der Waals surface area contributed by atoms with Gasteiger partial charge in [-0.3, -0.25) is 0 Å². The van der Waals surface area contributed by atoms with Crippen LogP contribution in [0.15, 0.2) is 48.5 Å². The second-order valence-electron chi connectivity index (χ2n) is 5.12. The van der Waals surface area contributed by atoms with Crippen LogP contribution in [0.3, 0.4) is 0 Å². The molecule has 0 saturated carbocycles. The van der Waals surface area contributed by atoms with Crippen LogP contribution < -0.4 is 10.1 Å². The highest BCUT2D eigenvalue weighted by atomic mass is 19.1. The summed E-state index contributed by atoms with van der Waals surface area (Å²) in [5.41, 5.74) is 1.85. The van der Waals surface area contributed by atoms with Gasteiger partial charge in [0.15, 0.2) is 0 Å². The van der Waals surface area contributed by atoms with Gasteiger partial charge in [0.25, 0.3) is 0 Å². The number of benzene rings is 2. The summed E-state index contributed by atoms with van der Waals surface area (Å²) in [5.74, 6) is 0.726. The Bertz CT molecular complexity index is 553. The molecule has 0 saturated heterocycles. The lowest BCUT2D eigenvalue weighted by molar-refractivity contribution is 0.317. The van der Waals surface area contributed by atoms with Crippen molar-refractivity contribution in [3.8, 4) is 5.75 Å². The number of halogens is 1. The van der Waals surface area contributed by atoms with Gasteiger partial charge in [-0.25, -0.2) is 4.39 Å². The standard InChI is InChI=1S/C18H22FNO/c1-3-12-21-16-10-8-15(9-11-16)13-20-14(2)17-6-4-5-7-18(17)19/h4-11,14,20H,3,12-13H2,1-2H3/t14-/m1/s1. The summed E-state index contributed by atoms with van der Waals surface area (Å²) in [5, 5.41) is 3.34. The molecule has 112 valence electrons. The molecule has 0 aliphatic heterocycles. The highest BCUT2D eigenvalue weighted by Gasteiger charge is 2.09. The molecule has 2 nitrogen and oxygen atoms in total. The molecule has 0 fully saturated rings. The molecule has 0 unspecified atom stereocenters. The van der Waals surface area contributed by atoms with E-state index in [4.69, 9.17) is 4.74 Å². The van der Waals surface area contributed by atoms with Gasteiger partial charge in [-0.1, -0.05) is 37.3 Å². The zero-order valence-corrected chi connectivity index (χ0v) is 12.6. The quantitative estimate of drug-likeness (QED) is 0.811. The monoisotopic (exact) mass is 287 g/mol. The van der Waals surface area contributed by atoms with Crippen molar-refractivity contribution >= 4 is 0 Å². The highest BCUT2D eigenvalue weighted by Crippen LogP contribution is 2.17. The van der Waals surface area contributed by atoms with Gasteiger partial charge in [-0.05, 0) is 37.1 Å². The molecular weight excluding hydrogens is 265 g/mol. The fourth-order valence-electron chi connectivity index (χ4n) is 2.13. The lowest BCUT2D eigenvalue weighted by Gasteiger charge is -2.15. The van der Waals surface area contributed by atoms with Crippen molar-refractivity contribution in [2.45, 2.75) is 32.9 Å². The summed E-state index contributed by atoms with van der Waals surface area (Å²) >= 11 is 0. The Labute approximate surface area is 126 Å². The van der Waals surface area contributed by atoms with Crippen LogP contribution in [0, 0.1) is 5.82 Å². The first-order valence-corrected chi connectivity index (χ1v) is 7.40. The number of nitrogens with one attached hydrogen (secondary N) is 1. The molecule has 0 aliphatic carbocycles. The van der Waals surface area contributed by atoms with Gasteiger partial charge in [0.1, 0.15) is 11.6 Å². The predicted molar refractivity (Wildman–Crippen MR) is 83.9 cm³/mol. The van der Waals surface area contributed by atoms with Crippen molar-refractivity contribution in [2.24, 2.45) is 0 Å². The maximum absolute atomic E-state index is 13.7. The first-order chi connectivity index (χ1) is 10.2. The molecule has 2 aromatic carbocycles. The minimum atomic E-state index is -0.166. The average Bonchev–Trinajstić information content (AvgIpc) is 2.52. The van der Waals surface area contributed by atoms with Crippen molar-refractivity contribution < 1.29 is 9.13 Å². The first-order valence-electron chi connectivity index (χ1n) is 7.40. The average molecular weight is 287 g/mol. The van der Waals surface area contributed by atoms with Crippen molar-refractivity contribution in [3.63, 3.8) is 0 Å². The van der Waals surface area contributed by atoms with E-state index in [9.17, 15) is 4.39 Å². The smallest absolute Gasteiger partial charge is 0.127 e. The number of hydrogen-bond donors (Lipinski definition) is 1. The van der Waals surface area contributed by atoms with E-state index in [0.717, 1.165) is 24.3 Å². The van der Waals surface area contributed by atoms with E-state index >= 15 is 0 Å². The highest BCUT2D eigenvalue weighted by molar-refractivity contribution is 5.27. The third-order valence-corrected chi connectivity index (χ3v) is 3.38. The summed E-state index contributed by atoms with van der Waals surface area (Å²) < 4.78 is 19.2. The molecule has 1 atom stereocenters. The third-order valence-electron chi connectivity index (χ3n) is 3.38. The topological polar surface area (TPSA) is 21.3 Å². The van der Waals surface area contributed by atoms with Gasteiger partial charge in [-0.15, -0.1) is 0 Å². The molecular formula is C18H22FNO. The van der Waals surface area contributed by atoms with E-state index in [1.807, 2.05) is 43.3 Å². The van der Waals surface area contributed by atoms with Gasteiger partial charge in [0, 0.05) is 18.2 Å². The van der Waals surface area contributed by atoms with Crippen LogP contribution in [0.5, 0.6) is 5.75 Å². The molecule has 21 heavy (non-hydrogen) atoms. The Kier molecular flexibility index (Phi) is 5.76. The largest absolute Gasteiger partial charge is 0.494 e. The van der Waals surface area contributed by atoms with Crippen LogP contribution in [0.25, 0.3) is 0 Å². The molecule has 0 aromatic heterocycles.